The normalized spacial score (nSPS) is 21.4. The molecule has 0 aromatic carbocycles. The maximum Gasteiger partial charge on any atom is 0.228 e. The molecular weight excluding hydrogens is 300 g/mol. The molecule has 1 saturated carbocycles. The first-order chi connectivity index (χ1) is 10.1. The molecule has 1 aliphatic carbocycles. The van der Waals surface area contributed by atoms with Crippen molar-refractivity contribution in [3.63, 3.8) is 0 Å². The maximum atomic E-state index is 12.9. The zero-order valence-corrected chi connectivity index (χ0v) is 15.0. The highest BCUT2D eigenvalue weighted by Gasteiger charge is 2.46. The predicted molar refractivity (Wildman–Crippen MR) is 92.2 cm³/mol. The Bertz CT molecular complexity index is 338. The molecule has 1 saturated heterocycles. The van der Waals surface area contributed by atoms with Crippen LogP contribution in [0.5, 0.6) is 0 Å². The molecule has 2 fully saturated rings. The fourth-order valence-electron chi connectivity index (χ4n) is 3.78. The minimum Gasteiger partial charge on any atom is -0.378 e. The Balaban J connectivity index is 0.00000242. The highest BCUT2D eigenvalue weighted by atomic mass is 35.5. The van der Waals surface area contributed by atoms with Gasteiger partial charge in [0.1, 0.15) is 0 Å². The Hall–Kier alpha value is -0.320. The van der Waals surface area contributed by atoms with E-state index in [-0.39, 0.29) is 17.8 Å². The summed E-state index contributed by atoms with van der Waals surface area (Å²) in [5.74, 6) is 1.02. The molecular formula is C17H33ClN2O2. The van der Waals surface area contributed by atoms with Crippen molar-refractivity contribution in [1.82, 2.24) is 4.90 Å². The van der Waals surface area contributed by atoms with E-state index < -0.39 is 0 Å². The number of carbonyl (C=O) groups excluding carboxylic acids is 1. The Morgan fingerprint density at radius 3 is 2.41 bits per heavy atom. The Kier molecular flexibility index (Phi) is 8.15. The lowest BCUT2D eigenvalue weighted by molar-refractivity contribution is -0.151. The lowest BCUT2D eigenvalue weighted by Gasteiger charge is -2.46. The minimum absolute atomic E-state index is 0. The van der Waals surface area contributed by atoms with Crippen molar-refractivity contribution in [3.8, 4) is 0 Å². The molecule has 0 bridgehead atoms. The monoisotopic (exact) mass is 332 g/mol. The second kappa shape index (κ2) is 9.09. The Morgan fingerprint density at radius 1 is 1.32 bits per heavy atom. The van der Waals surface area contributed by atoms with Crippen LogP contribution in [-0.2, 0) is 9.53 Å². The van der Waals surface area contributed by atoms with E-state index in [1.54, 1.807) is 0 Å². The van der Waals surface area contributed by atoms with E-state index >= 15 is 0 Å². The molecule has 2 N–H and O–H groups in total. The van der Waals surface area contributed by atoms with Crippen LogP contribution in [0.1, 0.15) is 58.8 Å². The number of halogens is 1. The third kappa shape index (κ3) is 4.84. The molecule has 0 radical (unpaired) electrons. The fraction of sp³-hybridized carbons (Fsp3) is 0.941. The summed E-state index contributed by atoms with van der Waals surface area (Å²) in [6.07, 6.45) is 7.67. The van der Waals surface area contributed by atoms with E-state index in [0.29, 0.717) is 24.5 Å². The summed E-state index contributed by atoms with van der Waals surface area (Å²) in [6.45, 7) is 7.63. The van der Waals surface area contributed by atoms with Gasteiger partial charge < -0.3 is 15.4 Å². The van der Waals surface area contributed by atoms with Gasteiger partial charge in [0.25, 0.3) is 0 Å². The van der Waals surface area contributed by atoms with Crippen LogP contribution in [0.4, 0.5) is 0 Å². The number of nitrogens with two attached hydrogens (primary N) is 1. The summed E-state index contributed by atoms with van der Waals surface area (Å²) in [5, 5.41) is 0. The number of ether oxygens (including phenoxy) is 1. The standard InChI is InChI=1S/C17H32N2O2.ClH/c1-14(2)13-17(7-3-8-17)16(20)19-10-5-15(6-11-19)21-12-4-9-18;/h14-15H,3-13,18H2,1-2H3;1H. The number of rotatable bonds is 7. The number of carbonyl (C=O) groups is 1. The number of piperidine rings is 1. The van der Waals surface area contributed by atoms with Crippen molar-refractivity contribution in [2.24, 2.45) is 17.1 Å². The van der Waals surface area contributed by atoms with Gasteiger partial charge in [-0.25, -0.2) is 0 Å². The largest absolute Gasteiger partial charge is 0.378 e. The van der Waals surface area contributed by atoms with Gasteiger partial charge in [-0.05, 0) is 51.0 Å². The molecule has 4 nitrogen and oxygen atoms in total. The molecule has 0 atom stereocenters. The smallest absolute Gasteiger partial charge is 0.228 e. The number of hydrogen-bond donors (Lipinski definition) is 1. The molecule has 130 valence electrons. The third-order valence-corrected chi connectivity index (χ3v) is 4.99. The number of nitrogens with zero attached hydrogens (tertiary/aromatic N) is 1. The molecule has 5 heteroatoms. The quantitative estimate of drug-likeness (QED) is 0.729. The molecule has 22 heavy (non-hydrogen) atoms. The molecule has 2 aliphatic rings. The van der Waals surface area contributed by atoms with Crippen LogP contribution in [0, 0.1) is 11.3 Å². The van der Waals surface area contributed by atoms with Gasteiger partial charge in [0.2, 0.25) is 5.91 Å². The summed E-state index contributed by atoms with van der Waals surface area (Å²) in [7, 11) is 0. The molecule has 0 spiro atoms. The summed E-state index contributed by atoms with van der Waals surface area (Å²) in [5.41, 5.74) is 5.46. The highest BCUT2D eigenvalue weighted by Crippen LogP contribution is 2.47. The van der Waals surface area contributed by atoms with Crippen LogP contribution < -0.4 is 5.73 Å². The minimum atomic E-state index is -0.0264. The van der Waals surface area contributed by atoms with Gasteiger partial charge in [-0.15, -0.1) is 12.4 Å². The summed E-state index contributed by atoms with van der Waals surface area (Å²) < 4.78 is 5.82. The zero-order valence-electron chi connectivity index (χ0n) is 14.2. The first-order valence-electron chi connectivity index (χ1n) is 8.68. The van der Waals surface area contributed by atoms with Crippen LogP contribution in [0.15, 0.2) is 0 Å². The Labute approximate surface area is 141 Å². The molecule has 0 aromatic heterocycles. The average Bonchev–Trinajstić information content (AvgIpc) is 2.43. The first-order valence-corrected chi connectivity index (χ1v) is 8.68. The maximum absolute atomic E-state index is 12.9. The van der Waals surface area contributed by atoms with Crippen molar-refractivity contribution >= 4 is 18.3 Å². The van der Waals surface area contributed by atoms with E-state index in [9.17, 15) is 4.79 Å². The molecule has 1 heterocycles. The van der Waals surface area contributed by atoms with Gasteiger partial charge in [0.15, 0.2) is 0 Å². The van der Waals surface area contributed by atoms with Gasteiger partial charge in [-0.2, -0.15) is 0 Å². The molecule has 0 unspecified atom stereocenters. The Morgan fingerprint density at radius 2 is 1.95 bits per heavy atom. The van der Waals surface area contributed by atoms with E-state index in [0.717, 1.165) is 58.2 Å². The SMILES string of the molecule is CC(C)CC1(C(=O)N2CCC(OCCCN)CC2)CCC1.Cl. The summed E-state index contributed by atoms with van der Waals surface area (Å²) >= 11 is 0. The zero-order chi connectivity index (χ0) is 15.3. The van der Waals surface area contributed by atoms with Crippen LogP contribution in [0.3, 0.4) is 0 Å². The van der Waals surface area contributed by atoms with Gasteiger partial charge in [-0.3, -0.25) is 4.79 Å². The lowest BCUT2D eigenvalue weighted by atomic mass is 9.63. The lowest BCUT2D eigenvalue weighted by Crippen LogP contribution is -2.51. The fourth-order valence-corrected chi connectivity index (χ4v) is 3.78. The predicted octanol–water partition coefficient (Wildman–Crippen LogP) is 2.98. The summed E-state index contributed by atoms with van der Waals surface area (Å²) in [4.78, 5) is 15.0. The van der Waals surface area contributed by atoms with E-state index in [2.05, 4.69) is 18.7 Å². The van der Waals surface area contributed by atoms with Crippen LogP contribution in [-0.4, -0.2) is 43.2 Å². The highest BCUT2D eigenvalue weighted by molar-refractivity contribution is 5.85. The second-order valence-corrected chi connectivity index (χ2v) is 7.24. The van der Waals surface area contributed by atoms with Crippen molar-refractivity contribution in [1.29, 1.82) is 0 Å². The van der Waals surface area contributed by atoms with E-state index in [1.807, 2.05) is 0 Å². The van der Waals surface area contributed by atoms with Gasteiger partial charge in [0, 0.05) is 25.1 Å². The van der Waals surface area contributed by atoms with Gasteiger partial charge in [-0.1, -0.05) is 20.3 Å². The van der Waals surface area contributed by atoms with Crippen molar-refractivity contribution in [3.05, 3.63) is 0 Å². The molecule has 0 aromatic rings. The van der Waals surface area contributed by atoms with Gasteiger partial charge in [0.05, 0.1) is 6.10 Å². The summed E-state index contributed by atoms with van der Waals surface area (Å²) in [6, 6.07) is 0. The molecule has 2 rings (SSSR count). The molecule has 1 aliphatic heterocycles. The van der Waals surface area contributed by atoms with E-state index in [4.69, 9.17) is 10.5 Å². The number of likely N-dealkylation sites (tertiary alicyclic amines) is 1. The second-order valence-electron chi connectivity index (χ2n) is 7.24. The molecule has 1 amide bonds. The third-order valence-electron chi connectivity index (χ3n) is 4.99. The van der Waals surface area contributed by atoms with Crippen molar-refractivity contribution in [2.75, 3.05) is 26.2 Å². The van der Waals surface area contributed by atoms with E-state index in [1.165, 1.54) is 6.42 Å². The number of amides is 1. The van der Waals surface area contributed by atoms with Gasteiger partial charge >= 0.3 is 0 Å². The van der Waals surface area contributed by atoms with Crippen molar-refractivity contribution in [2.45, 2.75) is 64.9 Å². The van der Waals surface area contributed by atoms with Crippen molar-refractivity contribution < 1.29 is 9.53 Å². The topological polar surface area (TPSA) is 55.6 Å². The van der Waals surface area contributed by atoms with Crippen LogP contribution >= 0.6 is 12.4 Å². The van der Waals surface area contributed by atoms with Crippen LogP contribution in [0.25, 0.3) is 0 Å². The number of hydrogen-bond acceptors (Lipinski definition) is 3. The first kappa shape index (κ1) is 19.7. The average molecular weight is 333 g/mol. The van der Waals surface area contributed by atoms with Crippen LogP contribution in [0.2, 0.25) is 0 Å².